The highest BCUT2D eigenvalue weighted by molar-refractivity contribution is 5.03. The van der Waals surface area contributed by atoms with Crippen LogP contribution in [0.5, 0.6) is 0 Å². The molecule has 74 valence electrons. The van der Waals surface area contributed by atoms with Crippen LogP contribution in [0.4, 0.5) is 4.39 Å². The molecule has 0 spiro atoms. The summed E-state index contributed by atoms with van der Waals surface area (Å²) < 4.78 is 15.3. The van der Waals surface area contributed by atoms with Gasteiger partial charge in [0.2, 0.25) is 0 Å². The first kappa shape index (κ1) is 10.1. The molecule has 0 saturated heterocycles. The van der Waals surface area contributed by atoms with Gasteiger partial charge in [-0.15, -0.1) is 10.2 Å². The lowest BCUT2D eigenvalue weighted by atomic mass is 10.1. The molecule has 0 saturated carbocycles. The fourth-order valence-electron chi connectivity index (χ4n) is 1.26. The molecule has 2 N–H and O–H groups in total. The summed E-state index contributed by atoms with van der Waals surface area (Å²) >= 11 is 0. The number of nitrogens with zero attached hydrogens (tertiary/aromatic N) is 3. The van der Waals surface area contributed by atoms with Crippen molar-refractivity contribution in [3.63, 3.8) is 0 Å². The highest BCUT2D eigenvalue weighted by Crippen LogP contribution is 2.22. The van der Waals surface area contributed by atoms with E-state index in [4.69, 9.17) is 5.73 Å². The number of halogens is 1. The molecule has 0 unspecified atom stereocenters. The van der Waals surface area contributed by atoms with Crippen molar-refractivity contribution in [2.45, 2.75) is 39.5 Å². The van der Waals surface area contributed by atoms with Crippen LogP contribution in [0.2, 0.25) is 0 Å². The summed E-state index contributed by atoms with van der Waals surface area (Å²) in [7, 11) is 0. The van der Waals surface area contributed by atoms with E-state index in [2.05, 4.69) is 10.2 Å². The second-order valence-corrected chi connectivity index (χ2v) is 3.36. The van der Waals surface area contributed by atoms with Crippen LogP contribution in [0, 0.1) is 0 Å². The zero-order valence-electron chi connectivity index (χ0n) is 8.21. The van der Waals surface area contributed by atoms with E-state index in [-0.39, 0.29) is 6.54 Å². The molecule has 13 heavy (non-hydrogen) atoms. The molecule has 1 aromatic heterocycles. The summed E-state index contributed by atoms with van der Waals surface area (Å²) in [6.45, 7) is 5.77. The van der Waals surface area contributed by atoms with Crippen LogP contribution in [0.25, 0.3) is 0 Å². The van der Waals surface area contributed by atoms with E-state index in [0.29, 0.717) is 18.2 Å². The number of hydrogen-bond acceptors (Lipinski definition) is 3. The molecule has 1 aromatic rings. The van der Waals surface area contributed by atoms with E-state index in [9.17, 15) is 4.39 Å². The minimum absolute atomic E-state index is 0.289. The Kier molecular flexibility index (Phi) is 2.66. The third-order valence-corrected chi connectivity index (χ3v) is 1.86. The molecule has 0 bridgehead atoms. The number of hydrogen-bond donors (Lipinski definition) is 1. The first-order valence-corrected chi connectivity index (χ1v) is 4.32. The van der Waals surface area contributed by atoms with Gasteiger partial charge in [-0.25, -0.2) is 4.39 Å². The van der Waals surface area contributed by atoms with Crippen molar-refractivity contribution in [2.75, 3.05) is 0 Å². The van der Waals surface area contributed by atoms with Crippen molar-refractivity contribution in [1.29, 1.82) is 0 Å². The van der Waals surface area contributed by atoms with Crippen molar-refractivity contribution >= 4 is 0 Å². The Hall–Kier alpha value is -0.970. The largest absolute Gasteiger partial charge is 0.324 e. The van der Waals surface area contributed by atoms with Gasteiger partial charge in [-0.3, -0.25) is 0 Å². The lowest BCUT2D eigenvalue weighted by Crippen LogP contribution is -2.19. The SMILES string of the molecule is CCn1c(CN)nnc1C(C)(C)F. The highest BCUT2D eigenvalue weighted by Gasteiger charge is 2.26. The van der Waals surface area contributed by atoms with Crippen LogP contribution < -0.4 is 5.73 Å². The highest BCUT2D eigenvalue weighted by atomic mass is 19.1. The first-order valence-electron chi connectivity index (χ1n) is 4.32. The first-order chi connectivity index (χ1) is 6.00. The van der Waals surface area contributed by atoms with Crippen molar-refractivity contribution in [3.05, 3.63) is 11.6 Å². The van der Waals surface area contributed by atoms with E-state index >= 15 is 0 Å². The van der Waals surface area contributed by atoms with Gasteiger partial charge >= 0.3 is 0 Å². The van der Waals surface area contributed by atoms with E-state index < -0.39 is 5.67 Å². The van der Waals surface area contributed by atoms with Crippen molar-refractivity contribution in [2.24, 2.45) is 5.73 Å². The molecule has 0 atom stereocenters. The lowest BCUT2D eigenvalue weighted by Gasteiger charge is -2.14. The normalized spacial score (nSPS) is 12.1. The van der Waals surface area contributed by atoms with Crippen LogP contribution in [-0.4, -0.2) is 14.8 Å². The molecular weight excluding hydrogens is 171 g/mol. The maximum atomic E-state index is 13.6. The maximum absolute atomic E-state index is 13.6. The minimum Gasteiger partial charge on any atom is -0.324 e. The van der Waals surface area contributed by atoms with E-state index in [1.54, 1.807) is 4.57 Å². The van der Waals surface area contributed by atoms with Gasteiger partial charge in [0, 0.05) is 6.54 Å². The summed E-state index contributed by atoms with van der Waals surface area (Å²) in [6, 6.07) is 0. The molecule has 0 aromatic carbocycles. The van der Waals surface area contributed by atoms with Crippen LogP contribution >= 0.6 is 0 Å². The Morgan fingerprint density at radius 1 is 1.46 bits per heavy atom. The van der Waals surface area contributed by atoms with Crippen LogP contribution in [0.3, 0.4) is 0 Å². The second kappa shape index (κ2) is 3.41. The molecule has 0 amide bonds. The van der Waals surface area contributed by atoms with Gasteiger partial charge in [-0.1, -0.05) is 0 Å². The zero-order chi connectivity index (χ0) is 10.1. The number of aromatic nitrogens is 3. The molecule has 1 heterocycles. The number of rotatable bonds is 3. The summed E-state index contributed by atoms with van der Waals surface area (Å²) in [5, 5.41) is 7.61. The van der Waals surface area contributed by atoms with Crippen LogP contribution in [0.1, 0.15) is 32.4 Å². The summed E-state index contributed by atoms with van der Waals surface area (Å²) in [5.41, 5.74) is 3.98. The maximum Gasteiger partial charge on any atom is 0.170 e. The quantitative estimate of drug-likeness (QED) is 0.765. The van der Waals surface area contributed by atoms with Crippen LogP contribution in [0.15, 0.2) is 0 Å². The monoisotopic (exact) mass is 186 g/mol. The molecule has 0 aliphatic rings. The van der Waals surface area contributed by atoms with Crippen molar-refractivity contribution < 1.29 is 4.39 Å². The smallest absolute Gasteiger partial charge is 0.170 e. The van der Waals surface area contributed by atoms with E-state index in [1.807, 2.05) is 6.92 Å². The molecule has 4 nitrogen and oxygen atoms in total. The second-order valence-electron chi connectivity index (χ2n) is 3.36. The fraction of sp³-hybridized carbons (Fsp3) is 0.750. The van der Waals surface area contributed by atoms with Gasteiger partial charge in [0.1, 0.15) is 5.82 Å². The predicted octanol–water partition coefficient (Wildman–Crippen LogP) is 0.961. The van der Waals surface area contributed by atoms with E-state index in [1.165, 1.54) is 13.8 Å². The average Bonchev–Trinajstić information content (AvgIpc) is 2.45. The minimum atomic E-state index is -1.46. The van der Waals surface area contributed by atoms with Gasteiger partial charge in [0.25, 0.3) is 0 Å². The molecule has 0 fully saturated rings. The standard InChI is InChI=1S/C8H15FN4/c1-4-13-6(5-10)11-12-7(13)8(2,3)9/h4-5,10H2,1-3H3. The Labute approximate surface area is 77.0 Å². The zero-order valence-corrected chi connectivity index (χ0v) is 8.21. The third kappa shape index (κ3) is 1.85. The van der Waals surface area contributed by atoms with Crippen LogP contribution in [-0.2, 0) is 18.8 Å². The molecular formula is C8H15FN4. The van der Waals surface area contributed by atoms with Gasteiger partial charge in [-0.05, 0) is 20.8 Å². The molecule has 0 aliphatic heterocycles. The average molecular weight is 186 g/mol. The Bertz CT molecular complexity index is 287. The molecule has 0 radical (unpaired) electrons. The number of nitrogens with two attached hydrogens (primary N) is 1. The summed E-state index contributed by atoms with van der Waals surface area (Å²) in [6.07, 6.45) is 0. The van der Waals surface area contributed by atoms with E-state index in [0.717, 1.165) is 0 Å². The molecule has 1 rings (SSSR count). The fourth-order valence-corrected chi connectivity index (χ4v) is 1.26. The predicted molar refractivity (Wildman–Crippen MR) is 47.7 cm³/mol. The lowest BCUT2D eigenvalue weighted by molar-refractivity contribution is 0.198. The third-order valence-electron chi connectivity index (χ3n) is 1.86. The number of alkyl halides is 1. The van der Waals surface area contributed by atoms with Gasteiger partial charge in [0.05, 0.1) is 6.54 Å². The van der Waals surface area contributed by atoms with Gasteiger partial charge < -0.3 is 10.3 Å². The Morgan fingerprint density at radius 3 is 2.46 bits per heavy atom. The Balaban J connectivity index is 3.16. The van der Waals surface area contributed by atoms with Crippen molar-refractivity contribution in [3.8, 4) is 0 Å². The molecule has 5 heteroatoms. The van der Waals surface area contributed by atoms with Gasteiger partial charge in [0.15, 0.2) is 11.5 Å². The topological polar surface area (TPSA) is 56.7 Å². The summed E-state index contributed by atoms with van der Waals surface area (Å²) in [5.74, 6) is 0.971. The molecule has 0 aliphatic carbocycles. The van der Waals surface area contributed by atoms with Gasteiger partial charge in [-0.2, -0.15) is 0 Å². The summed E-state index contributed by atoms with van der Waals surface area (Å²) in [4.78, 5) is 0. The van der Waals surface area contributed by atoms with Crippen molar-refractivity contribution in [1.82, 2.24) is 14.8 Å². The Morgan fingerprint density at radius 2 is 2.08 bits per heavy atom.